The van der Waals surface area contributed by atoms with E-state index in [1.54, 1.807) is 20.8 Å². The zero-order valence-electron chi connectivity index (χ0n) is 15.6. The first kappa shape index (κ1) is 25.2. The SMILES string of the molecule is CCNC(=NCCCCC(C)C)NCCS(=O)(=O)C(C)(C)C.I. The summed E-state index contributed by atoms with van der Waals surface area (Å²) in [5.74, 6) is 1.56. The normalized spacial score (nSPS) is 12.9. The predicted molar refractivity (Wildman–Crippen MR) is 112 cm³/mol. The standard InChI is InChI=1S/C16H35N3O2S.HI/c1-7-17-15(18-11-9-8-10-14(2)3)19-12-13-22(20,21)16(4,5)6;/h14H,7-13H2,1-6H3,(H2,17,18,19);1H. The summed E-state index contributed by atoms with van der Waals surface area (Å²) in [5.41, 5.74) is 0. The molecule has 0 aromatic carbocycles. The van der Waals surface area contributed by atoms with Crippen LogP contribution in [0.5, 0.6) is 0 Å². The average molecular weight is 461 g/mol. The maximum atomic E-state index is 12.1. The molecular weight excluding hydrogens is 425 g/mol. The third kappa shape index (κ3) is 12.0. The number of rotatable bonds is 9. The van der Waals surface area contributed by atoms with E-state index < -0.39 is 14.6 Å². The van der Waals surface area contributed by atoms with E-state index in [-0.39, 0.29) is 29.7 Å². The molecule has 0 aromatic rings. The molecule has 23 heavy (non-hydrogen) atoms. The number of hydrogen-bond acceptors (Lipinski definition) is 3. The molecule has 0 amide bonds. The highest BCUT2D eigenvalue weighted by Crippen LogP contribution is 2.15. The predicted octanol–water partition coefficient (Wildman–Crippen LogP) is 3.20. The molecule has 0 aliphatic rings. The molecule has 0 aliphatic carbocycles. The van der Waals surface area contributed by atoms with Gasteiger partial charge in [-0.25, -0.2) is 8.42 Å². The second-order valence-corrected chi connectivity index (χ2v) is 9.87. The minimum Gasteiger partial charge on any atom is -0.357 e. The van der Waals surface area contributed by atoms with Gasteiger partial charge in [-0.2, -0.15) is 0 Å². The molecule has 0 aliphatic heterocycles. The molecule has 0 rings (SSSR count). The van der Waals surface area contributed by atoms with Gasteiger partial charge in [0.1, 0.15) is 0 Å². The summed E-state index contributed by atoms with van der Waals surface area (Å²) in [5, 5.41) is 6.26. The summed E-state index contributed by atoms with van der Waals surface area (Å²) < 4.78 is 23.4. The van der Waals surface area contributed by atoms with Crippen molar-refractivity contribution in [3.63, 3.8) is 0 Å². The molecule has 0 aromatic heterocycles. The number of guanidine groups is 1. The molecule has 0 saturated carbocycles. The summed E-state index contributed by atoms with van der Waals surface area (Å²) in [6, 6.07) is 0. The molecule has 0 spiro atoms. The first-order valence-corrected chi connectivity index (χ1v) is 10.00. The van der Waals surface area contributed by atoms with Gasteiger partial charge in [0.05, 0.1) is 10.5 Å². The zero-order chi connectivity index (χ0) is 17.2. The van der Waals surface area contributed by atoms with E-state index in [2.05, 4.69) is 29.5 Å². The van der Waals surface area contributed by atoms with E-state index in [9.17, 15) is 8.42 Å². The summed E-state index contributed by atoms with van der Waals surface area (Å²) in [7, 11) is -3.09. The maximum absolute atomic E-state index is 12.1. The molecule has 0 saturated heterocycles. The van der Waals surface area contributed by atoms with Crippen molar-refractivity contribution in [2.24, 2.45) is 10.9 Å². The Bertz CT molecular complexity index is 429. The summed E-state index contributed by atoms with van der Waals surface area (Å²) in [6.07, 6.45) is 3.47. The molecule has 0 bridgehead atoms. The number of nitrogens with zero attached hydrogens (tertiary/aromatic N) is 1. The number of halogens is 1. The van der Waals surface area contributed by atoms with Crippen LogP contribution >= 0.6 is 24.0 Å². The van der Waals surface area contributed by atoms with Crippen LogP contribution in [0.25, 0.3) is 0 Å². The fraction of sp³-hybridized carbons (Fsp3) is 0.938. The van der Waals surface area contributed by atoms with Gasteiger partial charge in [0.25, 0.3) is 0 Å². The fourth-order valence-electron chi connectivity index (χ4n) is 1.81. The number of unbranched alkanes of at least 4 members (excludes halogenated alkanes) is 1. The molecule has 0 heterocycles. The van der Waals surface area contributed by atoms with E-state index in [1.807, 2.05) is 6.92 Å². The molecular formula is C16H36IN3O2S. The third-order valence-corrected chi connectivity index (χ3v) is 6.01. The number of hydrogen-bond donors (Lipinski definition) is 2. The van der Waals surface area contributed by atoms with E-state index in [1.165, 1.54) is 12.8 Å². The molecule has 0 fully saturated rings. The Balaban J connectivity index is 0. The van der Waals surface area contributed by atoms with Crippen molar-refractivity contribution in [1.82, 2.24) is 10.6 Å². The van der Waals surface area contributed by atoms with Gasteiger partial charge in [-0.05, 0) is 40.0 Å². The highest BCUT2D eigenvalue weighted by molar-refractivity contribution is 14.0. The zero-order valence-corrected chi connectivity index (χ0v) is 18.8. The Morgan fingerprint density at radius 3 is 2.22 bits per heavy atom. The lowest BCUT2D eigenvalue weighted by Gasteiger charge is -2.19. The number of sulfone groups is 1. The maximum Gasteiger partial charge on any atom is 0.191 e. The monoisotopic (exact) mass is 461 g/mol. The van der Waals surface area contributed by atoms with Crippen molar-refractivity contribution in [1.29, 1.82) is 0 Å². The lowest BCUT2D eigenvalue weighted by Crippen LogP contribution is -2.41. The lowest BCUT2D eigenvalue weighted by molar-refractivity contribution is 0.541. The van der Waals surface area contributed by atoms with Crippen LogP contribution in [0.15, 0.2) is 4.99 Å². The van der Waals surface area contributed by atoms with Gasteiger partial charge in [0.2, 0.25) is 0 Å². The molecule has 2 N–H and O–H groups in total. The molecule has 0 radical (unpaired) electrons. The second kappa shape index (κ2) is 12.3. The van der Waals surface area contributed by atoms with Gasteiger partial charge in [-0.3, -0.25) is 4.99 Å². The molecule has 0 atom stereocenters. The van der Waals surface area contributed by atoms with Crippen LogP contribution < -0.4 is 10.6 Å². The van der Waals surface area contributed by atoms with Gasteiger partial charge >= 0.3 is 0 Å². The smallest absolute Gasteiger partial charge is 0.191 e. The van der Waals surface area contributed by atoms with Gasteiger partial charge in [-0.1, -0.05) is 26.7 Å². The van der Waals surface area contributed by atoms with Gasteiger partial charge < -0.3 is 10.6 Å². The third-order valence-electron chi connectivity index (χ3n) is 3.40. The largest absolute Gasteiger partial charge is 0.357 e. The van der Waals surface area contributed by atoms with Crippen LogP contribution in [0.4, 0.5) is 0 Å². The second-order valence-electron chi connectivity index (χ2n) is 7.01. The van der Waals surface area contributed by atoms with Crippen molar-refractivity contribution < 1.29 is 8.42 Å². The summed E-state index contributed by atoms with van der Waals surface area (Å²) in [4.78, 5) is 4.49. The van der Waals surface area contributed by atoms with Crippen molar-refractivity contribution in [3.05, 3.63) is 0 Å². The average Bonchev–Trinajstić information content (AvgIpc) is 2.36. The number of nitrogens with one attached hydrogen (secondary N) is 2. The molecule has 0 unspecified atom stereocenters. The molecule has 5 nitrogen and oxygen atoms in total. The molecule has 7 heteroatoms. The Labute approximate surface area is 160 Å². The van der Waals surface area contributed by atoms with Gasteiger partial charge in [0.15, 0.2) is 15.8 Å². The first-order valence-electron chi connectivity index (χ1n) is 8.34. The fourth-order valence-corrected chi connectivity index (χ4v) is 2.79. The Kier molecular flexibility index (Phi) is 13.5. The van der Waals surface area contributed by atoms with Crippen LogP contribution in [-0.2, 0) is 9.84 Å². The van der Waals surface area contributed by atoms with E-state index in [0.717, 1.165) is 25.4 Å². The quantitative estimate of drug-likeness (QED) is 0.240. The lowest BCUT2D eigenvalue weighted by atomic mass is 10.1. The van der Waals surface area contributed by atoms with E-state index >= 15 is 0 Å². The Morgan fingerprint density at radius 1 is 1.13 bits per heavy atom. The first-order chi connectivity index (χ1) is 10.1. The molecule has 140 valence electrons. The highest BCUT2D eigenvalue weighted by atomic mass is 127. The minimum absolute atomic E-state index is 0. The van der Waals surface area contributed by atoms with Gasteiger partial charge in [0, 0.05) is 19.6 Å². The Morgan fingerprint density at radius 2 is 1.74 bits per heavy atom. The minimum atomic E-state index is -3.09. The van der Waals surface area contributed by atoms with Crippen LogP contribution in [0, 0.1) is 5.92 Å². The van der Waals surface area contributed by atoms with Crippen molar-refractivity contribution >= 4 is 39.8 Å². The van der Waals surface area contributed by atoms with E-state index in [4.69, 9.17) is 0 Å². The van der Waals surface area contributed by atoms with Crippen molar-refractivity contribution in [2.75, 3.05) is 25.4 Å². The number of aliphatic imine (C=N–C) groups is 1. The summed E-state index contributed by atoms with van der Waals surface area (Å²) in [6.45, 7) is 13.6. The Hall–Kier alpha value is -0.0500. The summed E-state index contributed by atoms with van der Waals surface area (Å²) >= 11 is 0. The topological polar surface area (TPSA) is 70.6 Å². The van der Waals surface area contributed by atoms with Crippen molar-refractivity contribution in [3.8, 4) is 0 Å². The van der Waals surface area contributed by atoms with Crippen LogP contribution in [0.1, 0.15) is 60.8 Å². The van der Waals surface area contributed by atoms with Crippen LogP contribution in [-0.4, -0.2) is 44.5 Å². The highest BCUT2D eigenvalue weighted by Gasteiger charge is 2.28. The van der Waals surface area contributed by atoms with Crippen LogP contribution in [0.2, 0.25) is 0 Å². The van der Waals surface area contributed by atoms with Crippen LogP contribution in [0.3, 0.4) is 0 Å². The van der Waals surface area contributed by atoms with E-state index in [0.29, 0.717) is 12.5 Å². The van der Waals surface area contributed by atoms with Gasteiger partial charge in [-0.15, -0.1) is 24.0 Å². The van der Waals surface area contributed by atoms with Crippen molar-refractivity contribution in [2.45, 2.75) is 65.6 Å².